The van der Waals surface area contributed by atoms with E-state index in [1.165, 1.54) is 5.56 Å². The van der Waals surface area contributed by atoms with Crippen molar-refractivity contribution in [2.45, 2.75) is 45.3 Å². The molecule has 0 spiro atoms. The van der Waals surface area contributed by atoms with Gasteiger partial charge in [0.05, 0.1) is 19.8 Å². The van der Waals surface area contributed by atoms with Gasteiger partial charge in [-0.25, -0.2) is 0 Å². The Morgan fingerprint density at radius 1 is 1.00 bits per heavy atom. The lowest BCUT2D eigenvalue weighted by atomic mass is 9.63. The second-order valence-corrected chi connectivity index (χ2v) is 9.69. The zero-order valence-electron chi connectivity index (χ0n) is 20.5. The van der Waals surface area contributed by atoms with E-state index in [2.05, 4.69) is 54.8 Å². The minimum atomic E-state index is -0.188. The van der Waals surface area contributed by atoms with Gasteiger partial charge in [0.1, 0.15) is 0 Å². The summed E-state index contributed by atoms with van der Waals surface area (Å²) in [4.78, 5) is 0. The first-order valence-electron chi connectivity index (χ1n) is 11.8. The molecule has 2 aromatic carbocycles. The van der Waals surface area contributed by atoms with Crippen molar-refractivity contribution >= 4 is 0 Å². The molecular weight excluding hydrogens is 416 g/mol. The van der Waals surface area contributed by atoms with Gasteiger partial charge in [0, 0.05) is 38.9 Å². The maximum atomic E-state index is 10.4. The smallest absolute Gasteiger partial charge is 0.161 e. The fourth-order valence-corrected chi connectivity index (χ4v) is 5.17. The van der Waals surface area contributed by atoms with Crippen LogP contribution in [0.25, 0.3) is 0 Å². The van der Waals surface area contributed by atoms with Gasteiger partial charge in [-0.2, -0.15) is 0 Å². The third-order valence-corrected chi connectivity index (χ3v) is 6.77. The number of aliphatic hydroxyl groups excluding tert-OH is 1. The fraction of sp³-hybridized carbons (Fsp3) is 0.556. The molecule has 33 heavy (non-hydrogen) atoms. The van der Waals surface area contributed by atoms with E-state index in [1.807, 2.05) is 18.2 Å². The number of ether oxygens (including phenoxy) is 3. The van der Waals surface area contributed by atoms with Crippen molar-refractivity contribution in [3.8, 4) is 11.5 Å². The van der Waals surface area contributed by atoms with Gasteiger partial charge in [-0.15, -0.1) is 0 Å². The molecule has 0 bridgehead atoms. The monoisotopic (exact) mass is 456 g/mol. The van der Waals surface area contributed by atoms with Gasteiger partial charge in [-0.1, -0.05) is 36.4 Å². The van der Waals surface area contributed by atoms with Crippen LogP contribution in [0, 0.1) is 11.3 Å². The molecule has 2 aromatic rings. The van der Waals surface area contributed by atoms with Gasteiger partial charge in [0.25, 0.3) is 0 Å². The Balaban J connectivity index is 1.59. The van der Waals surface area contributed by atoms with Crippen LogP contribution in [0.15, 0.2) is 48.5 Å². The average molecular weight is 457 g/mol. The van der Waals surface area contributed by atoms with Crippen molar-refractivity contribution in [1.29, 1.82) is 0 Å². The molecule has 2 atom stereocenters. The van der Waals surface area contributed by atoms with Gasteiger partial charge < -0.3 is 30.0 Å². The number of aliphatic hydroxyl groups is 1. The number of hydrogen-bond donors (Lipinski definition) is 3. The minimum absolute atomic E-state index is 0.00575. The molecule has 0 aliphatic carbocycles. The van der Waals surface area contributed by atoms with Crippen molar-refractivity contribution in [1.82, 2.24) is 10.6 Å². The number of methoxy groups -OCH3 is 2. The Kier molecular flexibility index (Phi) is 9.15. The van der Waals surface area contributed by atoms with Gasteiger partial charge in [0.2, 0.25) is 0 Å². The Morgan fingerprint density at radius 2 is 1.76 bits per heavy atom. The number of benzene rings is 2. The number of rotatable bonds is 12. The lowest BCUT2D eigenvalue weighted by molar-refractivity contribution is -0.127. The molecule has 1 aliphatic heterocycles. The number of hydrogen-bond acceptors (Lipinski definition) is 6. The summed E-state index contributed by atoms with van der Waals surface area (Å²) in [5, 5.41) is 17.4. The standard InChI is InChI=1S/C27H40N2O4/c1-26(2)19-27(12-13-33-26,15-21-8-6-5-7-9-21)23(18-30)17-29-20-28-16-22-10-11-24(31-3)25(14-22)32-4/h5-11,14,23,28-30H,12-13,15-20H2,1-4H3. The summed E-state index contributed by atoms with van der Waals surface area (Å²) in [5.74, 6) is 1.60. The summed E-state index contributed by atoms with van der Waals surface area (Å²) >= 11 is 0. The summed E-state index contributed by atoms with van der Waals surface area (Å²) in [6, 6.07) is 16.6. The molecule has 2 unspecified atom stereocenters. The van der Waals surface area contributed by atoms with E-state index in [1.54, 1.807) is 14.2 Å². The Morgan fingerprint density at radius 3 is 2.42 bits per heavy atom. The van der Waals surface area contributed by atoms with Crippen molar-refractivity contribution in [2.24, 2.45) is 11.3 Å². The molecule has 1 fully saturated rings. The Bertz CT molecular complexity index is 858. The predicted molar refractivity (Wildman–Crippen MR) is 132 cm³/mol. The second kappa shape index (κ2) is 11.8. The fourth-order valence-electron chi connectivity index (χ4n) is 5.17. The molecule has 0 amide bonds. The molecular formula is C27H40N2O4. The molecule has 0 aromatic heterocycles. The third-order valence-electron chi connectivity index (χ3n) is 6.77. The third kappa shape index (κ3) is 6.93. The summed E-state index contributed by atoms with van der Waals surface area (Å²) in [6.45, 7) is 7.34. The van der Waals surface area contributed by atoms with Crippen LogP contribution < -0.4 is 20.1 Å². The van der Waals surface area contributed by atoms with Crippen LogP contribution in [0.2, 0.25) is 0 Å². The molecule has 0 radical (unpaired) electrons. The van der Waals surface area contributed by atoms with Crippen LogP contribution in [0.1, 0.15) is 37.8 Å². The van der Waals surface area contributed by atoms with E-state index in [0.29, 0.717) is 13.2 Å². The SMILES string of the molecule is COc1ccc(CNCNCC(CO)C2(Cc3ccccc3)CCOC(C)(C)C2)cc1OC. The van der Waals surface area contributed by atoms with E-state index in [9.17, 15) is 5.11 Å². The van der Waals surface area contributed by atoms with Crippen LogP contribution in [0.4, 0.5) is 0 Å². The zero-order valence-corrected chi connectivity index (χ0v) is 20.5. The van der Waals surface area contributed by atoms with E-state index >= 15 is 0 Å². The topological polar surface area (TPSA) is 72.0 Å². The van der Waals surface area contributed by atoms with Gasteiger partial charge >= 0.3 is 0 Å². The number of nitrogens with one attached hydrogen (secondary N) is 2. The Labute approximate surface area is 198 Å². The van der Waals surface area contributed by atoms with E-state index in [-0.39, 0.29) is 23.5 Å². The lowest BCUT2D eigenvalue weighted by Gasteiger charge is -2.49. The highest BCUT2D eigenvalue weighted by Gasteiger charge is 2.45. The molecule has 1 saturated heterocycles. The molecule has 3 rings (SSSR count). The van der Waals surface area contributed by atoms with Crippen LogP contribution in [0.3, 0.4) is 0 Å². The first-order chi connectivity index (χ1) is 15.9. The van der Waals surface area contributed by atoms with Crippen molar-refractivity contribution < 1.29 is 19.3 Å². The second-order valence-electron chi connectivity index (χ2n) is 9.69. The first kappa shape index (κ1) is 25.5. The maximum absolute atomic E-state index is 10.4. The quantitative estimate of drug-likeness (QED) is 0.334. The summed E-state index contributed by atoms with van der Waals surface area (Å²) < 4.78 is 16.7. The van der Waals surface area contributed by atoms with Crippen LogP contribution in [0.5, 0.6) is 11.5 Å². The van der Waals surface area contributed by atoms with Crippen LogP contribution >= 0.6 is 0 Å². The van der Waals surface area contributed by atoms with Gasteiger partial charge in [-0.05, 0) is 61.8 Å². The molecule has 1 heterocycles. The van der Waals surface area contributed by atoms with Gasteiger partial charge in [0.15, 0.2) is 11.5 Å². The average Bonchev–Trinajstić information content (AvgIpc) is 2.81. The normalized spacial score (nSPS) is 20.9. The lowest BCUT2D eigenvalue weighted by Crippen LogP contribution is -2.50. The zero-order chi connectivity index (χ0) is 23.7. The first-order valence-corrected chi connectivity index (χ1v) is 11.8. The molecule has 182 valence electrons. The largest absolute Gasteiger partial charge is 0.493 e. The van der Waals surface area contributed by atoms with Gasteiger partial charge in [-0.3, -0.25) is 0 Å². The maximum Gasteiger partial charge on any atom is 0.161 e. The highest BCUT2D eigenvalue weighted by Crippen LogP contribution is 2.46. The minimum Gasteiger partial charge on any atom is -0.493 e. The summed E-state index contributed by atoms with van der Waals surface area (Å²) in [7, 11) is 3.29. The van der Waals surface area contributed by atoms with Crippen LogP contribution in [-0.4, -0.2) is 51.4 Å². The van der Waals surface area contributed by atoms with Crippen molar-refractivity contribution in [3.05, 3.63) is 59.7 Å². The van der Waals surface area contributed by atoms with E-state index in [0.717, 1.165) is 49.5 Å². The van der Waals surface area contributed by atoms with Crippen molar-refractivity contribution in [3.63, 3.8) is 0 Å². The molecule has 1 aliphatic rings. The van der Waals surface area contributed by atoms with Crippen molar-refractivity contribution in [2.75, 3.05) is 40.6 Å². The molecule has 6 heteroatoms. The summed E-state index contributed by atoms with van der Waals surface area (Å²) in [6.07, 6.45) is 2.84. The van der Waals surface area contributed by atoms with Crippen LogP contribution in [-0.2, 0) is 17.7 Å². The predicted octanol–water partition coefficient (Wildman–Crippen LogP) is 3.77. The molecule has 6 nitrogen and oxygen atoms in total. The highest BCUT2D eigenvalue weighted by molar-refractivity contribution is 5.42. The summed E-state index contributed by atoms with van der Waals surface area (Å²) in [5.41, 5.74) is 2.25. The Hall–Kier alpha value is -2.12. The molecule has 0 saturated carbocycles. The van der Waals surface area contributed by atoms with E-state index in [4.69, 9.17) is 14.2 Å². The molecule has 3 N–H and O–H groups in total. The highest BCUT2D eigenvalue weighted by atomic mass is 16.5. The van der Waals surface area contributed by atoms with E-state index < -0.39 is 0 Å².